The molecule has 1 aliphatic heterocycles. The number of benzene rings is 1. The van der Waals surface area contributed by atoms with E-state index < -0.39 is 0 Å². The van der Waals surface area contributed by atoms with Gasteiger partial charge in [-0.25, -0.2) is 4.98 Å². The number of nitrogens with zero attached hydrogens (tertiary/aromatic N) is 4. The Bertz CT molecular complexity index is 1060. The van der Waals surface area contributed by atoms with Gasteiger partial charge < -0.3 is 9.64 Å². The molecule has 1 aliphatic rings. The number of pyridine rings is 1. The summed E-state index contributed by atoms with van der Waals surface area (Å²) in [7, 11) is 0. The molecule has 6 nitrogen and oxygen atoms in total. The van der Waals surface area contributed by atoms with Crippen LogP contribution in [0.25, 0.3) is 0 Å². The smallest absolute Gasteiger partial charge is 0.274 e. The topological polar surface area (TPSA) is 68.2 Å². The quantitative estimate of drug-likeness (QED) is 0.636. The van der Waals surface area contributed by atoms with Crippen molar-refractivity contribution in [2.45, 2.75) is 26.4 Å². The molecule has 1 saturated heterocycles. The summed E-state index contributed by atoms with van der Waals surface area (Å²) in [5, 5.41) is 0.725. The normalized spacial score (nSPS) is 16.5. The Hall–Kier alpha value is -2.83. The molecule has 30 heavy (non-hydrogen) atoms. The van der Waals surface area contributed by atoms with Crippen LogP contribution in [0.5, 0.6) is 0 Å². The third-order valence-electron chi connectivity index (χ3n) is 5.01. The van der Waals surface area contributed by atoms with Crippen molar-refractivity contribution in [3.63, 3.8) is 0 Å². The van der Waals surface area contributed by atoms with Crippen molar-refractivity contribution in [1.29, 1.82) is 0 Å². The molecule has 1 aromatic carbocycles. The molecule has 1 fully saturated rings. The van der Waals surface area contributed by atoms with Crippen LogP contribution in [0.15, 0.2) is 48.8 Å². The summed E-state index contributed by atoms with van der Waals surface area (Å²) in [6.45, 7) is 5.22. The maximum Gasteiger partial charge on any atom is 0.274 e. The van der Waals surface area contributed by atoms with Gasteiger partial charge in [-0.3, -0.25) is 14.8 Å². The van der Waals surface area contributed by atoms with Gasteiger partial charge in [0.15, 0.2) is 0 Å². The number of hydrogen-bond acceptors (Lipinski definition) is 5. The molecule has 0 N–H and O–H groups in total. The summed E-state index contributed by atoms with van der Waals surface area (Å²) in [6.07, 6.45) is 3.61. The first-order valence-corrected chi connectivity index (χ1v) is 10.3. The first kappa shape index (κ1) is 20.4. The van der Waals surface area contributed by atoms with Gasteiger partial charge in [-0.15, -0.1) is 0 Å². The average molecular weight is 423 g/mol. The predicted octanol–water partition coefficient (Wildman–Crippen LogP) is 3.95. The van der Waals surface area contributed by atoms with E-state index in [1.807, 2.05) is 32.0 Å². The van der Waals surface area contributed by atoms with Crippen molar-refractivity contribution in [1.82, 2.24) is 19.9 Å². The fourth-order valence-electron chi connectivity index (χ4n) is 3.60. The van der Waals surface area contributed by atoms with Gasteiger partial charge in [-0.1, -0.05) is 23.7 Å². The summed E-state index contributed by atoms with van der Waals surface area (Å²) >= 11 is 6.12. The molecule has 0 unspecified atom stereocenters. The second-order valence-corrected chi connectivity index (χ2v) is 7.94. The Kier molecular flexibility index (Phi) is 6.06. The minimum absolute atomic E-state index is 0.136. The lowest BCUT2D eigenvalue weighted by molar-refractivity contribution is -0.0250. The van der Waals surface area contributed by atoms with Gasteiger partial charge >= 0.3 is 0 Å². The van der Waals surface area contributed by atoms with Crippen LogP contribution in [0.2, 0.25) is 5.02 Å². The molecular weight excluding hydrogens is 400 g/mol. The first-order valence-electron chi connectivity index (χ1n) is 9.89. The van der Waals surface area contributed by atoms with Crippen molar-refractivity contribution in [3.8, 4) is 0 Å². The molecule has 154 valence electrons. The third-order valence-corrected chi connectivity index (χ3v) is 5.25. The highest BCUT2D eigenvalue weighted by Gasteiger charge is 2.28. The molecule has 2 aromatic heterocycles. The van der Waals surface area contributed by atoms with Gasteiger partial charge in [-0.05, 0) is 55.7 Å². The lowest BCUT2D eigenvalue weighted by Gasteiger charge is -2.32. The third kappa shape index (κ3) is 4.83. The number of ether oxygens (including phenoxy) is 1. The van der Waals surface area contributed by atoms with Crippen LogP contribution >= 0.6 is 11.6 Å². The van der Waals surface area contributed by atoms with E-state index in [4.69, 9.17) is 16.3 Å². The van der Waals surface area contributed by atoms with Gasteiger partial charge in [0, 0.05) is 23.5 Å². The van der Waals surface area contributed by atoms with E-state index in [0.717, 1.165) is 39.7 Å². The van der Waals surface area contributed by atoms with Gasteiger partial charge in [0.25, 0.3) is 5.91 Å². The van der Waals surface area contributed by atoms with E-state index in [1.54, 1.807) is 11.1 Å². The van der Waals surface area contributed by atoms with Crippen LogP contribution in [0.4, 0.5) is 0 Å². The Labute approximate surface area is 180 Å². The molecule has 7 heteroatoms. The number of morpholine rings is 1. The number of rotatable bonds is 4. The molecule has 0 aliphatic carbocycles. The lowest BCUT2D eigenvalue weighted by atomic mass is 10.0. The first-order chi connectivity index (χ1) is 14.5. The van der Waals surface area contributed by atoms with Gasteiger partial charge in [0.05, 0.1) is 30.7 Å². The molecule has 0 radical (unpaired) electrons. The van der Waals surface area contributed by atoms with Crippen LogP contribution in [0.3, 0.4) is 0 Å². The van der Waals surface area contributed by atoms with Gasteiger partial charge in [0.1, 0.15) is 11.8 Å². The molecule has 0 bridgehead atoms. The van der Waals surface area contributed by atoms with E-state index in [9.17, 15) is 4.79 Å². The van der Waals surface area contributed by atoms with Crippen LogP contribution in [-0.4, -0.2) is 45.5 Å². The summed E-state index contributed by atoms with van der Waals surface area (Å²) in [6, 6.07) is 12.0. The monoisotopic (exact) mass is 422 g/mol. The number of aromatic nitrogens is 3. The molecule has 0 spiro atoms. The number of carbonyl (C=O) groups is 1. The molecule has 3 heterocycles. The van der Waals surface area contributed by atoms with Crippen molar-refractivity contribution in [3.05, 3.63) is 87.7 Å². The minimum Gasteiger partial charge on any atom is -0.368 e. The predicted molar refractivity (Wildman–Crippen MR) is 115 cm³/mol. The fourth-order valence-corrected chi connectivity index (χ4v) is 3.81. The molecule has 0 saturated carbocycles. The Balaban J connectivity index is 1.52. The summed E-state index contributed by atoms with van der Waals surface area (Å²) in [5.41, 5.74) is 5.15. The minimum atomic E-state index is -0.279. The highest BCUT2D eigenvalue weighted by Crippen LogP contribution is 2.24. The summed E-state index contributed by atoms with van der Waals surface area (Å²) in [5.74, 6) is -0.136. The maximum atomic E-state index is 12.8. The zero-order valence-corrected chi connectivity index (χ0v) is 17.8. The number of carbonyl (C=O) groups excluding carboxylic acids is 1. The summed E-state index contributed by atoms with van der Waals surface area (Å²) in [4.78, 5) is 27.7. The summed E-state index contributed by atoms with van der Waals surface area (Å²) < 4.78 is 5.97. The van der Waals surface area contributed by atoms with E-state index >= 15 is 0 Å². The van der Waals surface area contributed by atoms with Crippen LogP contribution in [0, 0.1) is 13.8 Å². The number of hydrogen-bond donors (Lipinski definition) is 0. The molecule has 3 aromatic rings. The number of amides is 1. The molecule has 1 amide bonds. The zero-order valence-electron chi connectivity index (χ0n) is 17.0. The van der Waals surface area contributed by atoms with Crippen molar-refractivity contribution >= 4 is 17.5 Å². The number of aryl methyl sites for hydroxylation is 2. The Morgan fingerprint density at radius 2 is 2.00 bits per heavy atom. The molecule has 4 rings (SSSR count). The van der Waals surface area contributed by atoms with Gasteiger partial charge in [-0.2, -0.15) is 0 Å². The van der Waals surface area contributed by atoms with Crippen molar-refractivity contribution in [2.75, 3.05) is 19.7 Å². The molecule has 1 atom stereocenters. The Morgan fingerprint density at radius 1 is 1.13 bits per heavy atom. The molecular formula is C23H23ClN4O2. The number of halogens is 1. The van der Waals surface area contributed by atoms with E-state index in [-0.39, 0.29) is 12.0 Å². The fraction of sp³-hybridized carbons (Fsp3) is 0.304. The van der Waals surface area contributed by atoms with E-state index in [1.165, 1.54) is 6.20 Å². The highest BCUT2D eigenvalue weighted by atomic mass is 35.5. The largest absolute Gasteiger partial charge is 0.368 e. The van der Waals surface area contributed by atoms with Crippen molar-refractivity contribution < 1.29 is 9.53 Å². The van der Waals surface area contributed by atoms with Crippen molar-refractivity contribution in [2.24, 2.45) is 0 Å². The van der Waals surface area contributed by atoms with Crippen LogP contribution < -0.4 is 0 Å². The lowest BCUT2D eigenvalue weighted by Crippen LogP contribution is -2.42. The SMILES string of the molecule is Cc1cnc(C(=O)N2CCO[C@H](c3cc(Cc4cccc(Cl)c4)cc(C)n3)C2)cn1. The standard InChI is InChI=1S/C23H23ClN4O2/c1-15-8-18(9-17-4-3-5-19(24)10-17)11-20(27-15)22-14-28(6-7-30-22)23(29)21-13-25-16(2)12-26-21/h3-5,8,10-13,22H,6-7,9,14H2,1-2H3/t22-/m0/s1. The van der Waals surface area contributed by atoms with Gasteiger partial charge in [0.2, 0.25) is 0 Å². The second-order valence-electron chi connectivity index (χ2n) is 7.50. The Morgan fingerprint density at radius 3 is 2.77 bits per heavy atom. The zero-order chi connectivity index (χ0) is 21.1. The highest BCUT2D eigenvalue weighted by molar-refractivity contribution is 6.30. The second kappa shape index (κ2) is 8.90. The van der Waals surface area contributed by atoms with E-state index in [2.05, 4.69) is 33.2 Å². The maximum absolute atomic E-state index is 12.8. The van der Waals surface area contributed by atoms with Crippen LogP contribution in [-0.2, 0) is 11.2 Å². The van der Waals surface area contributed by atoms with E-state index in [0.29, 0.717) is 25.4 Å². The average Bonchev–Trinajstić information content (AvgIpc) is 2.73. The van der Waals surface area contributed by atoms with Crippen LogP contribution in [0.1, 0.15) is 44.8 Å².